The highest BCUT2D eigenvalue weighted by molar-refractivity contribution is 6.37. The molecule has 1 aromatic carbocycles. The van der Waals surface area contributed by atoms with Crippen LogP contribution in [0.15, 0.2) is 30.5 Å². The SMILES string of the molecule is C[C@@H](N)c1ccc(Oc2c(Cl)cc([N+](=O)[O-])cc2Cl)nc1. The van der Waals surface area contributed by atoms with Gasteiger partial charge in [-0.3, -0.25) is 10.1 Å². The van der Waals surface area contributed by atoms with Crippen molar-refractivity contribution in [3.63, 3.8) is 0 Å². The Kier molecular flexibility index (Phi) is 4.62. The largest absolute Gasteiger partial charge is 0.436 e. The van der Waals surface area contributed by atoms with Gasteiger partial charge in [0.25, 0.3) is 5.69 Å². The zero-order valence-corrected chi connectivity index (χ0v) is 12.4. The van der Waals surface area contributed by atoms with E-state index < -0.39 is 4.92 Å². The summed E-state index contributed by atoms with van der Waals surface area (Å²) in [6.45, 7) is 1.83. The summed E-state index contributed by atoms with van der Waals surface area (Å²) in [6, 6.07) is 5.57. The number of nitrogens with two attached hydrogens (primary N) is 1. The molecule has 2 N–H and O–H groups in total. The lowest BCUT2D eigenvalue weighted by molar-refractivity contribution is -0.384. The Bertz CT molecular complexity index is 652. The van der Waals surface area contributed by atoms with E-state index in [1.165, 1.54) is 12.1 Å². The quantitative estimate of drug-likeness (QED) is 0.673. The predicted molar refractivity (Wildman–Crippen MR) is 80.0 cm³/mol. The molecule has 0 fully saturated rings. The van der Waals surface area contributed by atoms with Crippen LogP contribution in [0.5, 0.6) is 11.6 Å². The average molecular weight is 328 g/mol. The summed E-state index contributed by atoms with van der Waals surface area (Å²) in [5.41, 5.74) is 6.36. The first kappa shape index (κ1) is 15.5. The van der Waals surface area contributed by atoms with E-state index in [0.717, 1.165) is 5.56 Å². The molecule has 1 atom stereocenters. The van der Waals surface area contributed by atoms with Crippen LogP contribution in [0, 0.1) is 10.1 Å². The molecular weight excluding hydrogens is 317 g/mol. The molecule has 1 heterocycles. The van der Waals surface area contributed by atoms with E-state index in [9.17, 15) is 10.1 Å². The number of pyridine rings is 1. The minimum atomic E-state index is -0.586. The first-order valence-electron chi connectivity index (χ1n) is 5.91. The minimum absolute atomic E-state index is 0.0345. The van der Waals surface area contributed by atoms with Gasteiger partial charge in [-0.15, -0.1) is 0 Å². The highest BCUT2D eigenvalue weighted by Gasteiger charge is 2.16. The number of rotatable bonds is 4. The molecule has 21 heavy (non-hydrogen) atoms. The number of aromatic nitrogens is 1. The van der Waals surface area contributed by atoms with Crippen LogP contribution in [0.3, 0.4) is 0 Å². The molecule has 2 rings (SSSR count). The van der Waals surface area contributed by atoms with E-state index in [0.29, 0.717) is 0 Å². The summed E-state index contributed by atoms with van der Waals surface area (Å²) in [7, 11) is 0. The smallest absolute Gasteiger partial charge is 0.272 e. The number of nitrogens with zero attached hydrogens (tertiary/aromatic N) is 2. The molecule has 0 saturated carbocycles. The average Bonchev–Trinajstić information content (AvgIpc) is 2.43. The van der Waals surface area contributed by atoms with Crippen molar-refractivity contribution in [1.82, 2.24) is 4.98 Å². The second-order valence-corrected chi connectivity index (χ2v) is 5.13. The van der Waals surface area contributed by atoms with Gasteiger partial charge in [0.05, 0.1) is 15.0 Å². The molecule has 0 radical (unpaired) electrons. The van der Waals surface area contributed by atoms with E-state index in [1.54, 1.807) is 18.3 Å². The number of nitro groups is 1. The highest BCUT2D eigenvalue weighted by Crippen LogP contribution is 2.38. The molecule has 6 nitrogen and oxygen atoms in total. The minimum Gasteiger partial charge on any atom is -0.436 e. The van der Waals surface area contributed by atoms with E-state index in [2.05, 4.69) is 4.98 Å². The molecule has 0 amide bonds. The van der Waals surface area contributed by atoms with Gasteiger partial charge >= 0.3 is 0 Å². The van der Waals surface area contributed by atoms with E-state index in [4.69, 9.17) is 33.7 Å². The summed E-state index contributed by atoms with van der Waals surface area (Å²) >= 11 is 11.9. The molecule has 0 aliphatic heterocycles. The van der Waals surface area contributed by atoms with Gasteiger partial charge in [0, 0.05) is 30.4 Å². The van der Waals surface area contributed by atoms with Crippen molar-refractivity contribution in [2.24, 2.45) is 5.73 Å². The molecule has 1 aromatic heterocycles. The Morgan fingerprint density at radius 3 is 2.38 bits per heavy atom. The van der Waals surface area contributed by atoms with Gasteiger partial charge in [-0.05, 0) is 12.5 Å². The summed E-state index contributed by atoms with van der Waals surface area (Å²) in [5.74, 6) is 0.377. The Hall–Kier alpha value is -1.89. The molecule has 110 valence electrons. The van der Waals surface area contributed by atoms with E-state index >= 15 is 0 Å². The third-order valence-electron chi connectivity index (χ3n) is 2.69. The van der Waals surface area contributed by atoms with Crippen molar-refractivity contribution in [1.29, 1.82) is 0 Å². The van der Waals surface area contributed by atoms with Crippen LogP contribution in [0.25, 0.3) is 0 Å². The summed E-state index contributed by atoms with van der Waals surface area (Å²) in [6.07, 6.45) is 1.58. The van der Waals surface area contributed by atoms with Crippen molar-refractivity contribution in [3.05, 3.63) is 56.2 Å². The lowest BCUT2D eigenvalue weighted by Gasteiger charge is -2.10. The van der Waals surface area contributed by atoms with Gasteiger partial charge in [0.2, 0.25) is 5.88 Å². The van der Waals surface area contributed by atoms with Crippen LogP contribution in [-0.4, -0.2) is 9.91 Å². The monoisotopic (exact) mass is 327 g/mol. The standard InChI is InChI=1S/C13H11Cl2N3O3/c1-7(16)8-2-3-12(17-6-8)21-13-10(14)4-9(18(19)20)5-11(13)15/h2-7H,16H2,1H3/t7-/m1/s1. The summed E-state index contributed by atoms with van der Waals surface area (Å²) in [5, 5.41) is 10.8. The van der Waals surface area contributed by atoms with Gasteiger partial charge in [0.1, 0.15) is 0 Å². The Morgan fingerprint density at radius 1 is 1.33 bits per heavy atom. The number of non-ortho nitro benzene ring substituents is 1. The lowest BCUT2D eigenvalue weighted by atomic mass is 10.2. The van der Waals surface area contributed by atoms with Gasteiger partial charge in [-0.25, -0.2) is 4.98 Å². The molecule has 0 spiro atoms. The number of nitro benzene ring substituents is 1. The van der Waals surface area contributed by atoms with Crippen LogP contribution >= 0.6 is 23.2 Å². The Balaban J connectivity index is 2.29. The lowest BCUT2D eigenvalue weighted by Crippen LogP contribution is -2.05. The first-order chi connectivity index (χ1) is 9.88. The predicted octanol–water partition coefficient (Wildman–Crippen LogP) is 4.11. The molecule has 0 bridgehead atoms. The number of benzene rings is 1. The van der Waals surface area contributed by atoms with E-state index in [1.807, 2.05) is 6.92 Å². The van der Waals surface area contributed by atoms with Crippen LogP contribution < -0.4 is 10.5 Å². The summed E-state index contributed by atoms with van der Waals surface area (Å²) < 4.78 is 5.47. The number of hydrogen-bond donors (Lipinski definition) is 1. The first-order valence-corrected chi connectivity index (χ1v) is 6.67. The maximum atomic E-state index is 10.7. The van der Waals surface area contributed by atoms with Crippen molar-refractivity contribution < 1.29 is 9.66 Å². The fourth-order valence-electron chi connectivity index (χ4n) is 1.58. The third-order valence-corrected chi connectivity index (χ3v) is 3.25. The Labute approximate surface area is 130 Å². The van der Waals surface area contributed by atoms with Crippen molar-refractivity contribution in [2.45, 2.75) is 13.0 Å². The maximum absolute atomic E-state index is 10.7. The van der Waals surface area contributed by atoms with Crippen LogP contribution in [0.1, 0.15) is 18.5 Å². The van der Waals surface area contributed by atoms with Crippen molar-refractivity contribution in [2.75, 3.05) is 0 Å². The topological polar surface area (TPSA) is 91.3 Å². The molecule has 0 unspecified atom stereocenters. The molecule has 0 saturated heterocycles. The van der Waals surface area contributed by atoms with Crippen LogP contribution in [0.4, 0.5) is 5.69 Å². The highest BCUT2D eigenvalue weighted by atomic mass is 35.5. The van der Waals surface area contributed by atoms with Crippen molar-refractivity contribution >= 4 is 28.9 Å². The van der Waals surface area contributed by atoms with Gasteiger partial charge in [0.15, 0.2) is 5.75 Å². The maximum Gasteiger partial charge on any atom is 0.272 e. The number of halogens is 2. The second kappa shape index (κ2) is 6.26. The van der Waals surface area contributed by atoms with E-state index in [-0.39, 0.29) is 33.4 Å². The molecule has 2 aromatic rings. The number of hydrogen-bond acceptors (Lipinski definition) is 5. The normalized spacial score (nSPS) is 12.0. The fourth-order valence-corrected chi connectivity index (χ4v) is 2.13. The second-order valence-electron chi connectivity index (χ2n) is 4.32. The zero-order valence-electron chi connectivity index (χ0n) is 10.9. The van der Waals surface area contributed by atoms with Gasteiger partial charge < -0.3 is 10.5 Å². The molecule has 8 heteroatoms. The van der Waals surface area contributed by atoms with Gasteiger partial charge in [-0.2, -0.15) is 0 Å². The Morgan fingerprint density at radius 2 is 1.95 bits per heavy atom. The molecular formula is C13H11Cl2N3O3. The van der Waals surface area contributed by atoms with Crippen LogP contribution in [0.2, 0.25) is 10.0 Å². The molecule has 0 aliphatic rings. The zero-order chi connectivity index (χ0) is 15.6. The fraction of sp³-hybridized carbons (Fsp3) is 0.154. The van der Waals surface area contributed by atoms with Gasteiger partial charge in [-0.1, -0.05) is 29.3 Å². The number of ether oxygens (including phenoxy) is 1. The third kappa shape index (κ3) is 3.60. The van der Waals surface area contributed by atoms with Crippen molar-refractivity contribution in [3.8, 4) is 11.6 Å². The summed E-state index contributed by atoms with van der Waals surface area (Å²) in [4.78, 5) is 14.2. The molecule has 0 aliphatic carbocycles. The van der Waals surface area contributed by atoms with Crippen LogP contribution in [-0.2, 0) is 0 Å².